The van der Waals surface area contributed by atoms with Crippen LogP contribution in [-0.2, 0) is 20.1 Å². The van der Waals surface area contributed by atoms with Gasteiger partial charge in [0.1, 0.15) is 0 Å². The van der Waals surface area contributed by atoms with E-state index in [9.17, 15) is 0 Å². The van der Waals surface area contributed by atoms with E-state index in [0.29, 0.717) is 0 Å². The molecule has 4 aromatic heterocycles. The fourth-order valence-electron chi connectivity index (χ4n) is 4.76. The van der Waals surface area contributed by atoms with E-state index in [4.69, 9.17) is 10.2 Å². The summed E-state index contributed by atoms with van der Waals surface area (Å²) in [5.74, 6) is 0. The monoisotopic (exact) mass is 829 g/mol. The minimum atomic E-state index is 0. The molecule has 0 saturated carbocycles. The topological polar surface area (TPSA) is 66.2 Å². The summed E-state index contributed by atoms with van der Waals surface area (Å²) in [6, 6.07) is 52.0. The van der Waals surface area contributed by atoms with E-state index in [1.165, 1.54) is 41.1 Å². The van der Waals surface area contributed by atoms with E-state index >= 15 is 0 Å². The number of fused-ring (bicyclic) bond motifs is 2. The third kappa shape index (κ3) is 8.93. The van der Waals surface area contributed by atoms with Crippen LogP contribution in [0.15, 0.2) is 146 Å². The zero-order valence-electron chi connectivity index (χ0n) is 25.8. The van der Waals surface area contributed by atoms with Gasteiger partial charge in [-0.25, -0.2) is 0 Å². The Kier molecular flexibility index (Phi) is 13.7. The Morgan fingerprint density at radius 2 is 0.872 bits per heavy atom. The molecule has 2 N–H and O–H groups in total. The average Bonchev–Trinajstić information content (AvgIpc) is 3.79. The van der Waals surface area contributed by atoms with Crippen LogP contribution in [0.4, 0.5) is 0 Å². The zero-order chi connectivity index (χ0) is 32.1. The number of aliphatic hydroxyl groups excluding tert-OH is 2. The van der Waals surface area contributed by atoms with Crippen LogP contribution in [0.2, 0.25) is 0 Å². The molecular formula is C40H32IrN2O2S2-2. The van der Waals surface area contributed by atoms with Gasteiger partial charge < -0.3 is 20.2 Å². The predicted octanol–water partition coefficient (Wildman–Crippen LogP) is 10.1. The van der Waals surface area contributed by atoms with E-state index in [-0.39, 0.29) is 20.1 Å². The number of thiophene rings is 2. The van der Waals surface area contributed by atoms with Gasteiger partial charge in [0.05, 0.1) is 0 Å². The summed E-state index contributed by atoms with van der Waals surface area (Å²) in [6.07, 6.45) is 3.91. The molecule has 0 aliphatic carbocycles. The smallest absolute Gasteiger partial charge is 0.0355 e. The van der Waals surface area contributed by atoms with Gasteiger partial charge >= 0.3 is 0 Å². The molecule has 0 saturated heterocycles. The SMILES string of the molecule is CO.CO.[Ir].[c-]1ccccc1-c1cc2sc(-c3ccccc3)cc2cn1.[c-]1ccccc1-c1cc2sc(-c3ccccc3)cc2cn1. The van der Waals surface area contributed by atoms with Crippen LogP contribution in [0.25, 0.3) is 63.6 Å². The molecule has 0 unspecified atom stereocenters. The van der Waals surface area contributed by atoms with E-state index in [1.54, 1.807) is 22.7 Å². The van der Waals surface area contributed by atoms with E-state index in [1.807, 2.05) is 73.1 Å². The second-order valence-corrected chi connectivity index (χ2v) is 11.9. The van der Waals surface area contributed by atoms with Gasteiger partial charge in [-0.1, -0.05) is 72.8 Å². The summed E-state index contributed by atoms with van der Waals surface area (Å²) in [6.45, 7) is 0. The van der Waals surface area contributed by atoms with Gasteiger partial charge in [-0.2, -0.15) is 0 Å². The van der Waals surface area contributed by atoms with Crippen LogP contribution in [0.5, 0.6) is 0 Å². The molecule has 4 aromatic carbocycles. The number of hydrogen-bond donors (Lipinski definition) is 2. The Balaban J connectivity index is 0.000000189. The molecule has 0 amide bonds. The maximum Gasteiger partial charge on any atom is 0.0355 e. The van der Waals surface area contributed by atoms with Crippen LogP contribution in [0.3, 0.4) is 0 Å². The molecule has 0 fully saturated rings. The molecule has 237 valence electrons. The van der Waals surface area contributed by atoms with Crippen molar-refractivity contribution in [1.82, 2.24) is 9.97 Å². The first-order valence-corrected chi connectivity index (χ1v) is 16.2. The number of nitrogens with zero attached hydrogens (tertiary/aromatic N) is 2. The molecule has 0 atom stereocenters. The summed E-state index contributed by atoms with van der Waals surface area (Å²) in [5.41, 5.74) is 6.54. The number of benzene rings is 4. The molecule has 0 spiro atoms. The van der Waals surface area contributed by atoms with Crippen LogP contribution < -0.4 is 0 Å². The van der Waals surface area contributed by atoms with Crippen molar-refractivity contribution >= 4 is 42.8 Å². The molecule has 4 heterocycles. The molecule has 0 aliphatic rings. The van der Waals surface area contributed by atoms with Crippen LogP contribution in [0.1, 0.15) is 0 Å². The van der Waals surface area contributed by atoms with E-state index in [2.05, 4.69) is 94.9 Å². The van der Waals surface area contributed by atoms with Crippen molar-refractivity contribution in [2.24, 2.45) is 0 Å². The molecule has 1 radical (unpaired) electrons. The Labute approximate surface area is 297 Å². The van der Waals surface area contributed by atoms with Crippen molar-refractivity contribution in [3.8, 4) is 43.4 Å². The standard InChI is InChI=1S/2C19H12NS.2CH4O.Ir/c2*1-3-7-14(8-4-1)17-12-19-16(13-20-17)11-18(21-19)15-9-5-2-6-10-15;2*1-2;/h2*1-7,9-13H;2*2H,1H3;/q2*-1;;;. The van der Waals surface area contributed by atoms with Crippen LogP contribution >= 0.6 is 22.7 Å². The molecule has 7 heteroatoms. The molecule has 0 bridgehead atoms. The molecule has 4 nitrogen and oxygen atoms in total. The normalized spacial score (nSPS) is 9.96. The van der Waals surface area contributed by atoms with Gasteiger partial charge in [0.25, 0.3) is 0 Å². The van der Waals surface area contributed by atoms with Crippen molar-refractivity contribution in [2.45, 2.75) is 0 Å². The third-order valence-electron chi connectivity index (χ3n) is 6.89. The molecule has 8 rings (SSSR count). The quantitative estimate of drug-likeness (QED) is 0.174. The van der Waals surface area contributed by atoms with Crippen LogP contribution in [-0.4, -0.2) is 34.4 Å². The largest absolute Gasteiger partial charge is 0.400 e. The second kappa shape index (κ2) is 18.1. The summed E-state index contributed by atoms with van der Waals surface area (Å²) in [7, 11) is 2.00. The Bertz CT molecular complexity index is 1860. The number of rotatable bonds is 4. The van der Waals surface area contributed by atoms with E-state index in [0.717, 1.165) is 36.7 Å². The van der Waals surface area contributed by atoms with Gasteiger partial charge in [0.15, 0.2) is 0 Å². The number of aromatic nitrogens is 2. The Morgan fingerprint density at radius 1 is 0.489 bits per heavy atom. The second-order valence-electron chi connectivity index (χ2n) is 9.72. The fourth-order valence-corrected chi connectivity index (χ4v) is 6.91. The first-order chi connectivity index (χ1) is 22.8. The van der Waals surface area contributed by atoms with Gasteiger partial charge in [-0.15, -0.1) is 94.5 Å². The maximum atomic E-state index is 7.00. The number of pyridine rings is 2. The van der Waals surface area contributed by atoms with Crippen molar-refractivity contribution in [2.75, 3.05) is 14.2 Å². The molecule has 8 aromatic rings. The third-order valence-corrected chi connectivity index (χ3v) is 9.18. The van der Waals surface area contributed by atoms with E-state index < -0.39 is 0 Å². The summed E-state index contributed by atoms with van der Waals surface area (Å²) < 4.78 is 2.52. The van der Waals surface area contributed by atoms with Gasteiger partial charge in [-0.05, 0) is 34.6 Å². The first kappa shape index (κ1) is 35.5. The van der Waals surface area contributed by atoms with Crippen LogP contribution in [0, 0.1) is 12.1 Å². The molecular weight excluding hydrogens is 797 g/mol. The minimum absolute atomic E-state index is 0. The average molecular weight is 829 g/mol. The Morgan fingerprint density at radius 3 is 1.23 bits per heavy atom. The molecule has 47 heavy (non-hydrogen) atoms. The fraction of sp³-hybridized carbons (Fsp3) is 0.0500. The summed E-state index contributed by atoms with van der Waals surface area (Å²) in [4.78, 5) is 11.7. The van der Waals surface area contributed by atoms with Gasteiger partial charge in [0.2, 0.25) is 0 Å². The van der Waals surface area contributed by atoms with Crippen molar-refractivity contribution in [3.05, 3.63) is 158 Å². The van der Waals surface area contributed by atoms with Crippen molar-refractivity contribution in [3.63, 3.8) is 0 Å². The van der Waals surface area contributed by atoms with Gasteiger partial charge in [-0.3, -0.25) is 0 Å². The van der Waals surface area contributed by atoms with Crippen molar-refractivity contribution < 1.29 is 30.3 Å². The Hall–Kier alpha value is -4.33. The maximum absolute atomic E-state index is 7.00. The zero-order valence-corrected chi connectivity index (χ0v) is 29.8. The number of hydrogen-bond acceptors (Lipinski definition) is 6. The summed E-state index contributed by atoms with van der Waals surface area (Å²) >= 11 is 3.61. The number of aliphatic hydroxyl groups is 2. The first-order valence-electron chi connectivity index (χ1n) is 14.5. The van der Waals surface area contributed by atoms with Gasteiger partial charge in [0, 0.05) is 76.6 Å². The molecule has 0 aliphatic heterocycles. The van der Waals surface area contributed by atoms with Crippen molar-refractivity contribution in [1.29, 1.82) is 0 Å². The minimum Gasteiger partial charge on any atom is -0.400 e. The predicted molar refractivity (Wildman–Crippen MR) is 195 cm³/mol. The summed E-state index contributed by atoms with van der Waals surface area (Å²) in [5, 5.41) is 16.4.